The summed E-state index contributed by atoms with van der Waals surface area (Å²) in [6.07, 6.45) is 0. The Labute approximate surface area is 126 Å². The summed E-state index contributed by atoms with van der Waals surface area (Å²) in [7, 11) is 0. The van der Waals surface area contributed by atoms with Gasteiger partial charge in [0.15, 0.2) is 23.3 Å². The molecule has 0 nitrogen and oxygen atoms in total. The zero-order valence-corrected chi connectivity index (χ0v) is 11.9. The fourth-order valence-electron chi connectivity index (χ4n) is 1.75. The van der Waals surface area contributed by atoms with E-state index in [0.29, 0.717) is 0 Å². The van der Waals surface area contributed by atoms with Crippen molar-refractivity contribution in [2.45, 2.75) is 5.88 Å². The molecule has 0 aromatic heterocycles. The van der Waals surface area contributed by atoms with Crippen LogP contribution in [-0.2, 0) is 5.88 Å². The highest BCUT2D eigenvalue weighted by Crippen LogP contribution is 2.40. The number of alkyl halides is 1. The third-order valence-corrected chi connectivity index (χ3v) is 3.60. The minimum Gasteiger partial charge on any atom is -0.203 e. The largest absolute Gasteiger partial charge is 0.203 e. The van der Waals surface area contributed by atoms with Gasteiger partial charge in [-0.25, -0.2) is 17.6 Å². The maximum absolute atomic E-state index is 14.0. The molecule has 20 heavy (non-hydrogen) atoms. The summed E-state index contributed by atoms with van der Waals surface area (Å²) in [5.74, 6) is -7.01. The molecular formula is C13H5Cl3F4. The van der Waals surface area contributed by atoms with Gasteiger partial charge in [-0.05, 0) is 12.1 Å². The van der Waals surface area contributed by atoms with Gasteiger partial charge in [0.25, 0.3) is 0 Å². The fourth-order valence-corrected chi connectivity index (χ4v) is 2.57. The molecule has 0 saturated heterocycles. The maximum atomic E-state index is 14.0. The SMILES string of the molecule is Fc1c(F)c(-c2c(Cl)cccc2Cl)c(F)c(F)c1CCl. The normalized spacial score (nSPS) is 10.9. The standard InChI is InChI=1S/C13H5Cl3F4/c14-4-5-10(17)12(19)9(13(20)11(5)18)8-6(15)2-1-3-7(8)16/h1-3H,4H2. The Morgan fingerprint density at radius 2 is 1.20 bits per heavy atom. The minimum absolute atomic E-state index is 0.132. The van der Waals surface area contributed by atoms with Crippen LogP contribution in [0.4, 0.5) is 17.6 Å². The molecule has 0 saturated carbocycles. The predicted octanol–water partition coefficient (Wildman–Crippen LogP) is 5.96. The lowest BCUT2D eigenvalue weighted by atomic mass is 10.0. The van der Waals surface area contributed by atoms with Crippen molar-refractivity contribution < 1.29 is 17.6 Å². The molecule has 0 spiro atoms. The second kappa shape index (κ2) is 5.80. The molecule has 0 unspecified atom stereocenters. The van der Waals surface area contributed by atoms with Crippen LogP contribution in [-0.4, -0.2) is 0 Å². The monoisotopic (exact) mass is 342 g/mol. The van der Waals surface area contributed by atoms with E-state index in [2.05, 4.69) is 0 Å². The van der Waals surface area contributed by atoms with Gasteiger partial charge in [0, 0.05) is 11.1 Å². The Hall–Kier alpha value is -0.970. The van der Waals surface area contributed by atoms with E-state index in [4.69, 9.17) is 34.8 Å². The molecule has 0 radical (unpaired) electrons. The van der Waals surface area contributed by atoms with E-state index in [9.17, 15) is 17.6 Å². The second-order valence-corrected chi connectivity index (χ2v) is 4.92. The van der Waals surface area contributed by atoms with Gasteiger partial charge in [-0.1, -0.05) is 29.3 Å². The molecule has 7 heteroatoms. The highest BCUT2D eigenvalue weighted by atomic mass is 35.5. The van der Waals surface area contributed by atoms with Crippen molar-refractivity contribution in [1.82, 2.24) is 0 Å². The molecule has 0 aliphatic heterocycles. The number of benzene rings is 2. The summed E-state index contributed by atoms with van der Waals surface area (Å²) < 4.78 is 55.4. The van der Waals surface area contributed by atoms with E-state index in [-0.39, 0.29) is 15.6 Å². The van der Waals surface area contributed by atoms with Crippen molar-refractivity contribution in [3.05, 3.63) is 57.1 Å². The van der Waals surface area contributed by atoms with Gasteiger partial charge in [-0.15, -0.1) is 11.6 Å². The number of halogens is 7. The smallest absolute Gasteiger partial charge is 0.170 e. The molecule has 0 N–H and O–H groups in total. The third kappa shape index (κ3) is 2.36. The van der Waals surface area contributed by atoms with Crippen molar-refractivity contribution >= 4 is 34.8 Å². The summed E-state index contributed by atoms with van der Waals surface area (Å²) in [6, 6.07) is 4.03. The summed E-state index contributed by atoms with van der Waals surface area (Å²) >= 11 is 16.9. The van der Waals surface area contributed by atoms with E-state index in [1.165, 1.54) is 18.2 Å². The lowest BCUT2D eigenvalue weighted by Gasteiger charge is -2.13. The van der Waals surface area contributed by atoms with Crippen molar-refractivity contribution in [3.63, 3.8) is 0 Å². The molecule has 0 fully saturated rings. The van der Waals surface area contributed by atoms with Gasteiger partial charge >= 0.3 is 0 Å². The quantitative estimate of drug-likeness (QED) is 0.359. The first-order chi connectivity index (χ1) is 9.40. The maximum Gasteiger partial charge on any atom is 0.170 e. The molecule has 0 amide bonds. The molecule has 106 valence electrons. The highest BCUT2D eigenvalue weighted by molar-refractivity contribution is 6.39. The zero-order chi connectivity index (χ0) is 15.0. The van der Waals surface area contributed by atoms with Crippen LogP contribution in [0, 0.1) is 23.3 Å². The zero-order valence-electron chi connectivity index (χ0n) is 9.58. The van der Waals surface area contributed by atoms with Crippen LogP contribution in [0.15, 0.2) is 18.2 Å². The van der Waals surface area contributed by atoms with E-state index in [1.807, 2.05) is 0 Å². The van der Waals surface area contributed by atoms with Crippen LogP contribution in [0.2, 0.25) is 10.0 Å². The minimum atomic E-state index is -1.59. The van der Waals surface area contributed by atoms with E-state index in [0.717, 1.165) is 0 Å². The molecule has 0 bridgehead atoms. The van der Waals surface area contributed by atoms with Crippen LogP contribution < -0.4 is 0 Å². The summed E-state index contributed by atoms with van der Waals surface area (Å²) in [5, 5.41) is -0.263. The Kier molecular flexibility index (Phi) is 4.47. The topological polar surface area (TPSA) is 0 Å². The lowest BCUT2D eigenvalue weighted by molar-refractivity contribution is 0.448. The van der Waals surface area contributed by atoms with Crippen molar-refractivity contribution in [3.8, 4) is 11.1 Å². The van der Waals surface area contributed by atoms with Crippen LogP contribution in [0.25, 0.3) is 11.1 Å². The highest BCUT2D eigenvalue weighted by Gasteiger charge is 2.27. The summed E-state index contributed by atoms with van der Waals surface area (Å²) in [4.78, 5) is 0. The fraction of sp³-hybridized carbons (Fsp3) is 0.0769. The van der Waals surface area contributed by atoms with Gasteiger partial charge in [0.1, 0.15) is 0 Å². The Balaban J connectivity index is 2.89. The Morgan fingerprint density at radius 3 is 1.60 bits per heavy atom. The van der Waals surface area contributed by atoms with Crippen molar-refractivity contribution in [2.24, 2.45) is 0 Å². The van der Waals surface area contributed by atoms with Gasteiger partial charge < -0.3 is 0 Å². The van der Waals surface area contributed by atoms with E-state index >= 15 is 0 Å². The van der Waals surface area contributed by atoms with Gasteiger partial charge in [0.05, 0.1) is 21.5 Å². The molecule has 0 aliphatic carbocycles. The summed E-state index contributed by atoms with van der Waals surface area (Å²) in [5.41, 5.74) is -2.15. The predicted molar refractivity (Wildman–Crippen MR) is 71.3 cm³/mol. The van der Waals surface area contributed by atoms with Crippen LogP contribution in [0.1, 0.15) is 5.56 Å². The molecule has 2 rings (SSSR count). The Morgan fingerprint density at radius 1 is 0.750 bits per heavy atom. The van der Waals surface area contributed by atoms with E-state index in [1.54, 1.807) is 0 Å². The van der Waals surface area contributed by atoms with Gasteiger partial charge in [-0.3, -0.25) is 0 Å². The summed E-state index contributed by atoms with van der Waals surface area (Å²) in [6.45, 7) is 0. The lowest BCUT2D eigenvalue weighted by Crippen LogP contribution is -2.05. The first-order valence-corrected chi connectivity index (χ1v) is 6.54. The molecule has 0 atom stereocenters. The average molecular weight is 344 g/mol. The molecule has 2 aromatic carbocycles. The number of hydrogen-bond donors (Lipinski definition) is 0. The van der Waals surface area contributed by atoms with Crippen molar-refractivity contribution in [2.75, 3.05) is 0 Å². The average Bonchev–Trinajstić information content (AvgIpc) is 2.40. The van der Waals surface area contributed by atoms with Crippen LogP contribution >= 0.6 is 34.8 Å². The van der Waals surface area contributed by atoms with Crippen molar-refractivity contribution in [1.29, 1.82) is 0 Å². The first-order valence-electron chi connectivity index (χ1n) is 5.25. The van der Waals surface area contributed by atoms with Crippen LogP contribution in [0.3, 0.4) is 0 Å². The van der Waals surface area contributed by atoms with Crippen LogP contribution in [0.5, 0.6) is 0 Å². The van der Waals surface area contributed by atoms with Gasteiger partial charge in [-0.2, -0.15) is 0 Å². The molecule has 0 aliphatic rings. The Bertz CT molecular complexity index is 637. The number of rotatable bonds is 2. The molecule has 0 heterocycles. The van der Waals surface area contributed by atoms with Gasteiger partial charge in [0.2, 0.25) is 0 Å². The first kappa shape index (κ1) is 15.4. The number of hydrogen-bond acceptors (Lipinski definition) is 0. The molecular weight excluding hydrogens is 338 g/mol. The molecule has 2 aromatic rings. The second-order valence-electron chi connectivity index (χ2n) is 3.84. The third-order valence-electron chi connectivity index (χ3n) is 2.70. The van der Waals surface area contributed by atoms with E-state index < -0.39 is 40.3 Å².